The lowest BCUT2D eigenvalue weighted by Gasteiger charge is -2.14. The fourth-order valence-corrected chi connectivity index (χ4v) is 2.41. The average molecular weight is 361 g/mol. The highest BCUT2D eigenvalue weighted by Gasteiger charge is 2.20. The van der Waals surface area contributed by atoms with Gasteiger partial charge in [-0.25, -0.2) is 9.78 Å². The van der Waals surface area contributed by atoms with E-state index in [0.717, 1.165) is 12.0 Å². The van der Waals surface area contributed by atoms with E-state index in [4.69, 9.17) is 16.3 Å². The van der Waals surface area contributed by atoms with Gasteiger partial charge in [-0.1, -0.05) is 37.6 Å². The minimum atomic E-state index is -0.959. The first-order valence-corrected chi connectivity index (χ1v) is 8.46. The predicted octanol–water partition coefficient (Wildman–Crippen LogP) is 4.12. The van der Waals surface area contributed by atoms with Crippen LogP contribution in [0.25, 0.3) is 0 Å². The van der Waals surface area contributed by atoms with Crippen molar-refractivity contribution in [3.8, 4) is 0 Å². The molecule has 1 aromatic heterocycles. The molecule has 1 heterocycles. The molecule has 0 aliphatic carbocycles. The molecule has 25 heavy (non-hydrogen) atoms. The van der Waals surface area contributed by atoms with Gasteiger partial charge in [0.05, 0.1) is 11.3 Å². The molecule has 2 aromatic rings. The largest absolute Gasteiger partial charge is 0.449 e. The first-order chi connectivity index (χ1) is 11.9. The van der Waals surface area contributed by atoms with Crippen LogP contribution in [-0.2, 0) is 16.0 Å². The highest BCUT2D eigenvalue weighted by molar-refractivity contribution is 6.32. The summed E-state index contributed by atoms with van der Waals surface area (Å²) in [4.78, 5) is 28.2. The molecule has 0 radical (unpaired) electrons. The number of hydrogen-bond donors (Lipinski definition) is 1. The molecule has 0 saturated carbocycles. The van der Waals surface area contributed by atoms with Gasteiger partial charge >= 0.3 is 5.97 Å². The van der Waals surface area contributed by atoms with Crippen LogP contribution in [0.1, 0.15) is 36.7 Å². The summed E-state index contributed by atoms with van der Waals surface area (Å²) in [6.07, 6.45) is 1.50. The van der Waals surface area contributed by atoms with Crippen molar-refractivity contribution in [1.82, 2.24) is 4.98 Å². The lowest BCUT2D eigenvalue weighted by Crippen LogP contribution is -2.30. The Morgan fingerprint density at radius 3 is 2.44 bits per heavy atom. The SMILES string of the molecule is CC(C)Cc1ccc(C(=O)O[C@@H](C)C(=O)Nc2cccnc2Cl)cc1. The molecule has 132 valence electrons. The summed E-state index contributed by atoms with van der Waals surface area (Å²) in [5.74, 6) is -0.475. The Morgan fingerprint density at radius 2 is 1.84 bits per heavy atom. The first kappa shape index (κ1) is 18.9. The number of carbonyl (C=O) groups excluding carboxylic acids is 2. The van der Waals surface area contributed by atoms with Gasteiger partial charge in [0.15, 0.2) is 11.3 Å². The van der Waals surface area contributed by atoms with E-state index in [1.165, 1.54) is 13.1 Å². The van der Waals surface area contributed by atoms with Crippen LogP contribution in [0, 0.1) is 5.92 Å². The number of benzene rings is 1. The Balaban J connectivity index is 1.95. The lowest BCUT2D eigenvalue weighted by molar-refractivity contribution is -0.123. The van der Waals surface area contributed by atoms with Crippen molar-refractivity contribution in [2.24, 2.45) is 5.92 Å². The van der Waals surface area contributed by atoms with Crippen molar-refractivity contribution < 1.29 is 14.3 Å². The Bertz CT molecular complexity index is 745. The summed E-state index contributed by atoms with van der Waals surface area (Å²) < 4.78 is 5.22. The van der Waals surface area contributed by atoms with Gasteiger partial charge < -0.3 is 10.1 Å². The van der Waals surface area contributed by atoms with Crippen molar-refractivity contribution in [1.29, 1.82) is 0 Å². The number of esters is 1. The van der Waals surface area contributed by atoms with Gasteiger partial charge in [-0.2, -0.15) is 0 Å². The topological polar surface area (TPSA) is 68.3 Å². The zero-order chi connectivity index (χ0) is 18.4. The second-order valence-electron chi connectivity index (χ2n) is 6.17. The van der Waals surface area contributed by atoms with E-state index in [-0.39, 0.29) is 5.15 Å². The summed E-state index contributed by atoms with van der Waals surface area (Å²) in [5, 5.41) is 2.76. The number of amides is 1. The maximum absolute atomic E-state index is 12.2. The Morgan fingerprint density at radius 1 is 1.16 bits per heavy atom. The number of halogens is 1. The first-order valence-electron chi connectivity index (χ1n) is 8.08. The van der Waals surface area contributed by atoms with E-state index in [1.807, 2.05) is 12.1 Å². The average Bonchev–Trinajstić information content (AvgIpc) is 2.56. The molecule has 0 bridgehead atoms. The maximum Gasteiger partial charge on any atom is 0.338 e. The molecule has 5 nitrogen and oxygen atoms in total. The van der Waals surface area contributed by atoms with E-state index in [9.17, 15) is 9.59 Å². The Hall–Kier alpha value is -2.40. The normalized spacial score (nSPS) is 11.9. The number of pyridine rings is 1. The molecular weight excluding hydrogens is 340 g/mol. The van der Waals surface area contributed by atoms with E-state index in [1.54, 1.807) is 24.3 Å². The monoisotopic (exact) mass is 360 g/mol. The number of aromatic nitrogens is 1. The van der Waals surface area contributed by atoms with Gasteiger partial charge in [0.2, 0.25) is 0 Å². The van der Waals surface area contributed by atoms with Crippen LogP contribution in [0.2, 0.25) is 5.15 Å². The predicted molar refractivity (Wildman–Crippen MR) is 97.7 cm³/mol. The van der Waals surface area contributed by atoms with E-state index in [2.05, 4.69) is 24.1 Å². The summed E-state index contributed by atoms with van der Waals surface area (Å²) >= 11 is 5.89. The van der Waals surface area contributed by atoms with Crippen molar-refractivity contribution in [3.63, 3.8) is 0 Å². The zero-order valence-electron chi connectivity index (χ0n) is 14.5. The van der Waals surface area contributed by atoms with Crippen molar-refractivity contribution >= 4 is 29.2 Å². The van der Waals surface area contributed by atoms with Gasteiger partial charge in [0, 0.05) is 6.20 Å². The Labute approximate surface area is 152 Å². The smallest absolute Gasteiger partial charge is 0.338 e. The molecule has 1 amide bonds. The highest BCUT2D eigenvalue weighted by atomic mass is 35.5. The fourth-order valence-electron chi connectivity index (χ4n) is 2.24. The molecule has 0 fully saturated rings. The number of nitrogens with zero attached hydrogens (tertiary/aromatic N) is 1. The van der Waals surface area contributed by atoms with Crippen LogP contribution >= 0.6 is 11.6 Å². The third-order valence-corrected chi connectivity index (χ3v) is 3.80. The van der Waals surface area contributed by atoms with Crippen LogP contribution < -0.4 is 5.32 Å². The third-order valence-electron chi connectivity index (χ3n) is 3.50. The number of nitrogens with one attached hydrogen (secondary N) is 1. The number of hydrogen-bond acceptors (Lipinski definition) is 4. The highest BCUT2D eigenvalue weighted by Crippen LogP contribution is 2.18. The van der Waals surface area contributed by atoms with Crippen LogP contribution in [-0.4, -0.2) is 23.0 Å². The Kier molecular flexibility index (Phi) is 6.53. The fraction of sp³-hybridized carbons (Fsp3) is 0.316. The van der Waals surface area contributed by atoms with Gasteiger partial charge in [-0.05, 0) is 49.1 Å². The second kappa shape index (κ2) is 8.62. The number of ether oxygens (including phenoxy) is 1. The molecule has 1 N–H and O–H groups in total. The number of rotatable bonds is 6. The zero-order valence-corrected chi connectivity index (χ0v) is 15.2. The molecule has 0 saturated heterocycles. The maximum atomic E-state index is 12.2. The molecule has 0 spiro atoms. The second-order valence-corrected chi connectivity index (χ2v) is 6.53. The quantitative estimate of drug-likeness (QED) is 0.621. The van der Waals surface area contributed by atoms with Gasteiger partial charge in [0.25, 0.3) is 5.91 Å². The summed E-state index contributed by atoms with van der Waals surface area (Å²) in [5.41, 5.74) is 1.94. The van der Waals surface area contributed by atoms with E-state index in [0.29, 0.717) is 17.2 Å². The number of anilines is 1. The van der Waals surface area contributed by atoms with Gasteiger partial charge in [0.1, 0.15) is 0 Å². The van der Waals surface area contributed by atoms with Crippen LogP contribution in [0.15, 0.2) is 42.6 Å². The standard InChI is InChI=1S/C19H21ClN2O3/c1-12(2)11-14-6-8-15(9-7-14)19(24)25-13(3)18(23)22-16-5-4-10-21-17(16)20/h4-10,12-13H,11H2,1-3H3,(H,22,23)/t13-/m0/s1. The van der Waals surface area contributed by atoms with Crippen molar-refractivity contribution in [3.05, 3.63) is 58.9 Å². The molecule has 0 unspecified atom stereocenters. The summed E-state index contributed by atoms with van der Waals surface area (Å²) in [6, 6.07) is 10.5. The van der Waals surface area contributed by atoms with Crippen LogP contribution in [0.5, 0.6) is 0 Å². The van der Waals surface area contributed by atoms with E-state index < -0.39 is 18.0 Å². The van der Waals surface area contributed by atoms with Crippen molar-refractivity contribution in [2.45, 2.75) is 33.3 Å². The van der Waals surface area contributed by atoms with E-state index >= 15 is 0 Å². The molecule has 1 atom stereocenters. The molecular formula is C19H21ClN2O3. The van der Waals surface area contributed by atoms with Crippen LogP contribution in [0.4, 0.5) is 5.69 Å². The molecule has 1 aromatic carbocycles. The minimum absolute atomic E-state index is 0.176. The van der Waals surface area contributed by atoms with Gasteiger partial charge in [-0.15, -0.1) is 0 Å². The minimum Gasteiger partial charge on any atom is -0.449 e. The summed E-state index contributed by atoms with van der Waals surface area (Å²) in [7, 11) is 0. The number of carbonyl (C=O) groups is 2. The molecule has 6 heteroatoms. The molecule has 0 aliphatic rings. The van der Waals surface area contributed by atoms with Crippen molar-refractivity contribution in [2.75, 3.05) is 5.32 Å². The summed E-state index contributed by atoms with van der Waals surface area (Å²) in [6.45, 7) is 5.78. The van der Waals surface area contributed by atoms with Gasteiger partial charge in [-0.3, -0.25) is 4.79 Å². The lowest BCUT2D eigenvalue weighted by atomic mass is 10.0. The third kappa shape index (κ3) is 5.57. The molecule has 0 aliphatic heterocycles. The molecule has 2 rings (SSSR count). The van der Waals surface area contributed by atoms with Crippen LogP contribution in [0.3, 0.4) is 0 Å².